The van der Waals surface area contributed by atoms with Crippen molar-refractivity contribution in [3.8, 4) is 0 Å². The van der Waals surface area contributed by atoms with E-state index in [1.165, 1.54) is 0 Å². The van der Waals surface area contributed by atoms with Crippen LogP contribution in [0, 0.1) is 22.7 Å². The fraction of sp³-hybridized carbons (Fsp3) is 0.677. The molecule has 1 aromatic carbocycles. The molecule has 2 atom stereocenters. The molecule has 0 radical (unpaired) electrons. The Morgan fingerprint density at radius 2 is 1.47 bits per heavy atom. The Kier molecular flexibility index (Phi) is 13.2. The van der Waals surface area contributed by atoms with Gasteiger partial charge in [0.2, 0.25) is 11.8 Å². The quantitative estimate of drug-likeness (QED) is 0.213. The van der Waals surface area contributed by atoms with Gasteiger partial charge >= 0.3 is 5.97 Å². The van der Waals surface area contributed by atoms with E-state index in [-0.39, 0.29) is 42.5 Å². The number of rotatable bonds is 14. The van der Waals surface area contributed by atoms with Crippen molar-refractivity contribution in [3.63, 3.8) is 0 Å². The highest BCUT2D eigenvalue weighted by Crippen LogP contribution is 2.22. The number of anilines is 1. The van der Waals surface area contributed by atoms with Crippen LogP contribution < -0.4 is 10.6 Å². The van der Waals surface area contributed by atoms with Gasteiger partial charge < -0.3 is 15.4 Å². The van der Waals surface area contributed by atoms with Crippen LogP contribution in [-0.2, 0) is 30.5 Å². The van der Waals surface area contributed by atoms with Gasteiger partial charge in [-0.15, -0.1) is 0 Å². The van der Waals surface area contributed by atoms with Gasteiger partial charge in [0.25, 0.3) is 0 Å². The van der Waals surface area contributed by atoms with Gasteiger partial charge in [-0.2, -0.15) is 0 Å². The highest BCUT2D eigenvalue weighted by molar-refractivity contribution is 5.97. The lowest BCUT2D eigenvalue weighted by Crippen LogP contribution is -2.45. The molecule has 0 aliphatic carbocycles. The Labute approximate surface area is 229 Å². The molecule has 7 nitrogen and oxygen atoms in total. The lowest BCUT2D eigenvalue weighted by atomic mass is 9.89. The number of ketones is 1. The lowest BCUT2D eigenvalue weighted by molar-refractivity contribution is -0.154. The molecule has 0 aliphatic rings. The van der Waals surface area contributed by atoms with E-state index in [9.17, 15) is 19.2 Å². The highest BCUT2D eigenvalue weighted by Gasteiger charge is 2.27. The van der Waals surface area contributed by atoms with Crippen LogP contribution in [0.25, 0.3) is 0 Å². The molecular formula is C31H50N2O5. The van der Waals surface area contributed by atoms with E-state index in [1.807, 2.05) is 13.8 Å². The summed E-state index contributed by atoms with van der Waals surface area (Å²) in [6.07, 6.45) is 4.45. The molecule has 0 unspecified atom stereocenters. The van der Waals surface area contributed by atoms with Crippen molar-refractivity contribution in [2.24, 2.45) is 22.7 Å². The van der Waals surface area contributed by atoms with Crippen LogP contribution in [0.5, 0.6) is 0 Å². The Bertz CT molecular complexity index is 923. The van der Waals surface area contributed by atoms with Crippen LogP contribution in [0.1, 0.15) is 106 Å². The van der Waals surface area contributed by atoms with Gasteiger partial charge in [-0.05, 0) is 62.6 Å². The minimum Gasteiger partial charge on any atom is -0.460 e. The third-order valence-electron chi connectivity index (χ3n) is 6.32. The molecule has 2 amide bonds. The Morgan fingerprint density at radius 1 is 0.868 bits per heavy atom. The molecule has 0 heterocycles. The molecule has 1 rings (SSSR count). The Hall–Kier alpha value is -2.70. The molecule has 0 spiro atoms. The molecule has 214 valence electrons. The van der Waals surface area contributed by atoms with Crippen LogP contribution in [0.15, 0.2) is 24.3 Å². The summed E-state index contributed by atoms with van der Waals surface area (Å²) in [5.74, 6) is -1.41. The van der Waals surface area contributed by atoms with Crippen molar-refractivity contribution >= 4 is 29.3 Å². The number of unbranched alkanes of at least 4 members (excludes halogenated alkanes) is 2. The largest absolute Gasteiger partial charge is 0.460 e. The van der Waals surface area contributed by atoms with Crippen molar-refractivity contribution in [3.05, 3.63) is 29.8 Å². The van der Waals surface area contributed by atoms with Crippen LogP contribution >= 0.6 is 0 Å². The first-order chi connectivity index (χ1) is 17.5. The summed E-state index contributed by atoms with van der Waals surface area (Å²) in [6, 6.07) is 6.45. The van der Waals surface area contributed by atoms with Gasteiger partial charge in [-0.25, -0.2) is 0 Å². The minimum absolute atomic E-state index is 0.0430. The normalized spacial score (nSPS) is 13.5. The Balaban J connectivity index is 2.54. The summed E-state index contributed by atoms with van der Waals surface area (Å²) in [5.41, 5.74) is 1.14. The number of ether oxygens (including phenoxy) is 1. The molecule has 0 saturated heterocycles. The minimum atomic E-state index is -0.609. The van der Waals surface area contributed by atoms with E-state index < -0.39 is 17.4 Å². The van der Waals surface area contributed by atoms with E-state index in [0.29, 0.717) is 17.5 Å². The number of carbonyl (C=O) groups excluding carboxylic acids is 4. The second kappa shape index (κ2) is 15.0. The van der Waals surface area contributed by atoms with Gasteiger partial charge in [0.1, 0.15) is 6.61 Å². The molecule has 7 heteroatoms. The van der Waals surface area contributed by atoms with Crippen LogP contribution in [0.3, 0.4) is 0 Å². The first-order valence-corrected chi connectivity index (χ1v) is 13.9. The highest BCUT2D eigenvalue weighted by atomic mass is 16.5. The van der Waals surface area contributed by atoms with Gasteiger partial charge in [-0.1, -0.05) is 66.5 Å². The molecule has 0 saturated carbocycles. The third-order valence-corrected chi connectivity index (χ3v) is 6.32. The molecule has 1 aromatic rings. The second-order valence-corrected chi connectivity index (χ2v) is 13.0. The number of amides is 2. The SMILES string of the molecule is CC(C)[C@@H](NC(=O)CCCCCC(C)(C)C)C(=O)C[C@H](C)C(=O)Nc1ccc(COC(=O)C(C)(C)C)cc1. The summed E-state index contributed by atoms with van der Waals surface area (Å²) in [6.45, 7) is 17.7. The van der Waals surface area contributed by atoms with Crippen molar-refractivity contribution in [1.82, 2.24) is 5.32 Å². The molecule has 2 N–H and O–H groups in total. The average Bonchev–Trinajstić information content (AvgIpc) is 2.79. The second-order valence-electron chi connectivity index (χ2n) is 13.0. The summed E-state index contributed by atoms with van der Waals surface area (Å²) in [4.78, 5) is 50.1. The van der Waals surface area contributed by atoms with E-state index in [4.69, 9.17) is 4.74 Å². The number of esters is 1. The van der Waals surface area contributed by atoms with E-state index in [2.05, 4.69) is 31.4 Å². The number of Topliss-reactive ketones (excluding diaryl/α,β-unsaturated/α-hetero) is 1. The lowest BCUT2D eigenvalue weighted by Gasteiger charge is -2.23. The zero-order valence-corrected chi connectivity index (χ0v) is 25.0. The summed E-state index contributed by atoms with van der Waals surface area (Å²) >= 11 is 0. The number of benzene rings is 1. The average molecular weight is 531 g/mol. The van der Waals surface area contributed by atoms with Crippen LogP contribution in [-0.4, -0.2) is 29.6 Å². The third kappa shape index (κ3) is 13.2. The molecule has 0 fully saturated rings. The first-order valence-electron chi connectivity index (χ1n) is 13.9. The fourth-order valence-electron chi connectivity index (χ4n) is 3.82. The monoisotopic (exact) mass is 530 g/mol. The van der Waals surface area contributed by atoms with Gasteiger partial charge in [0.05, 0.1) is 11.5 Å². The van der Waals surface area contributed by atoms with Crippen molar-refractivity contribution in [2.45, 2.75) is 113 Å². The smallest absolute Gasteiger partial charge is 0.311 e. The molecule has 0 aromatic heterocycles. The number of nitrogens with one attached hydrogen (secondary N) is 2. The topological polar surface area (TPSA) is 102 Å². The predicted molar refractivity (Wildman–Crippen MR) is 152 cm³/mol. The van der Waals surface area contributed by atoms with Crippen molar-refractivity contribution < 1.29 is 23.9 Å². The number of hydrogen-bond donors (Lipinski definition) is 2. The predicted octanol–water partition coefficient (Wildman–Crippen LogP) is 6.45. The number of carbonyl (C=O) groups is 4. The summed E-state index contributed by atoms with van der Waals surface area (Å²) in [7, 11) is 0. The summed E-state index contributed by atoms with van der Waals surface area (Å²) in [5, 5.41) is 5.73. The van der Waals surface area contributed by atoms with Gasteiger partial charge in [0.15, 0.2) is 5.78 Å². The standard InChI is InChI=1S/C31H50N2O5/c1-21(2)27(33-26(35)13-11-10-12-18-30(4,5)6)25(34)19-22(3)28(36)32-24-16-14-23(15-17-24)20-38-29(37)31(7,8)9/h14-17,21-22,27H,10-13,18-20H2,1-9H3,(H,32,36)(H,33,35)/t22-,27+/m0/s1. The van der Waals surface area contributed by atoms with Crippen LogP contribution in [0.2, 0.25) is 0 Å². The first kappa shape index (κ1) is 33.3. The van der Waals surface area contributed by atoms with Crippen molar-refractivity contribution in [2.75, 3.05) is 5.32 Å². The van der Waals surface area contributed by atoms with E-state index in [0.717, 1.165) is 31.2 Å². The maximum atomic E-state index is 13.0. The molecule has 38 heavy (non-hydrogen) atoms. The number of hydrogen-bond acceptors (Lipinski definition) is 5. The van der Waals surface area contributed by atoms with Gasteiger partial charge in [0, 0.05) is 24.4 Å². The zero-order chi connectivity index (χ0) is 29.1. The zero-order valence-electron chi connectivity index (χ0n) is 25.0. The fourth-order valence-corrected chi connectivity index (χ4v) is 3.82. The maximum absolute atomic E-state index is 13.0. The van der Waals surface area contributed by atoms with E-state index >= 15 is 0 Å². The maximum Gasteiger partial charge on any atom is 0.311 e. The van der Waals surface area contributed by atoms with Gasteiger partial charge in [-0.3, -0.25) is 19.2 Å². The molecule has 0 bridgehead atoms. The van der Waals surface area contributed by atoms with Crippen molar-refractivity contribution in [1.29, 1.82) is 0 Å². The summed E-state index contributed by atoms with van der Waals surface area (Å²) < 4.78 is 5.32. The van der Waals surface area contributed by atoms with E-state index in [1.54, 1.807) is 52.0 Å². The Morgan fingerprint density at radius 3 is 2.00 bits per heavy atom. The molecule has 0 aliphatic heterocycles. The van der Waals surface area contributed by atoms with Crippen LogP contribution in [0.4, 0.5) is 5.69 Å². The molecular weight excluding hydrogens is 480 g/mol.